The lowest BCUT2D eigenvalue weighted by Crippen LogP contribution is -2.36. The molecule has 19 heavy (non-hydrogen) atoms. The molecular weight excluding hydrogens is 236 g/mol. The highest BCUT2D eigenvalue weighted by Crippen LogP contribution is 2.35. The van der Waals surface area contributed by atoms with Gasteiger partial charge in [-0.15, -0.1) is 0 Å². The standard InChI is InChI=1S/C16H30N2O/c1-12(2)14-7-6-13(3)10-15(14)19-9-5-8-16(4,18)11-17/h12-15H,5-10,18H2,1-4H3. The Morgan fingerprint density at radius 3 is 2.68 bits per heavy atom. The van der Waals surface area contributed by atoms with E-state index in [1.54, 1.807) is 6.92 Å². The first-order valence-electron chi connectivity index (χ1n) is 7.67. The van der Waals surface area contributed by atoms with Crippen LogP contribution in [0.1, 0.15) is 59.8 Å². The molecule has 0 aromatic carbocycles. The van der Waals surface area contributed by atoms with Crippen molar-refractivity contribution in [3.8, 4) is 6.07 Å². The van der Waals surface area contributed by atoms with E-state index in [0.29, 0.717) is 24.4 Å². The minimum atomic E-state index is -0.708. The number of hydrogen-bond acceptors (Lipinski definition) is 3. The molecule has 4 unspecified atom stereocenters. The van der Waals surface area contributed by atoms with Crippen molar-refractivity contribution in [1.29, 1.82) is 5.26 Å². The molecule has 0 heterocycles. The second kappa shape index (κ2) is 7.26. The molecule has 2 N–H and O–H groups in total. The van der Waals surface area contributed by atoms with Crippen molar-refractivity contribution in [2.24, 2.45) is 23.5 Å². The zero-order chi connectivity index (χ0) is 14.5. The van der Waals surface area contributed by atoms with E-state index in [2.05, 4.69) is 26.8 Å². The lowest BCUT2D eigenvalue weighted by Gasteiger charge is -2.37. The minimum absolute atomic E-state index is 0.398. The van der Waals surface area contributed by atoms with Crippen LogP contribution in [0.15, 0.2) is 0 Å². The number of ether oxygens (including phenoxy) is 1. The third-order valence-corrected chi connectivity index (χ3v) is 4.39. The number of hydrogen-bond donors (Lipinski definition) is 1. The molecule has 1 fully saturated rings. The van der Waals surface area contributed by atoms with Crippen LogP contribution in [-0.2, 0) is 4.74 Å². The molecule has 0 aromatic heterocycles. The van der Waals surface area contributed by atoms with Crippen molar-refractivity contribution < 1.29 is 4.74 Å². The molecule has 3 heteroatoms. The normalized spacial score (nSPS) is 30.9. The Bertz CT molecular complexity index is 306. The van der Waals surface area contributed by atoms with E-state index in [4.69, 9.17) is 15.7 Å². The quantitative estimate of drug-likeness (QED) is 0.749. The van der Waals surface area contributed by atoms with Crippen LogP contribution < -0.4 is 5.73 Å². The van der Waals surface area contributed by atoms with Crippen LogP contribution in [0.25, 0.3) is 0 Å². The molecule has 0 saturated heterocycles. The Morgan fingerprint density at radius 2 is 2.11 bits per heavy atom. The van der Waals surface area contributed by atoms with E-state index >= 15 is 0 Å². The van der Waals surface area contributed by atoms with Crippen molar-refractivity contribution >= 4 is 0 Å². The first kappa shape index (κ1) is 16.5. The smallest absolute Gasteiger partial charge is 0.101 e. The molecule has 0 bridgehead atoms. The van der Waals surface area contributed by atoms with Crippen LogP contribution in [0.3, 0.4) is 0 Å². The molecule has 1 aliphatic rings. The molecule has 1 rings (SSSR count). The van der Waals surface area contributed by atoms with Gasteiger partial charge in [0.05, 0.1) is 12.2 Å². The molecular formula is C16H30N2O. The van der Waals surface area contributed by atoms with E-state index in [1.807, 2.05) is 0 Å². The Morgan fingerprint density at radius 1 is 1.42 bits per heavy atom. The van der Waals surface area contributed by atoms with Gasteiger partial charge in [0.1, 0.15) is 5.54 Å². The molecule has 0 radical (unpaired) electrons. The fourth-order valence-electron chi connectivity index (χ4n) is 3.04. The van der Waals surface area contributed by atoms with Crippen molar-refractivity contribution in [3.63, 3.8) is 0 Å². The third-order valence-electron chi connectivity index (χ3n) is 4.39. The Labute approximate surface area is 118 Å². The summed E-state index contributed by atoms with van der Waals surface area (Å²) in [5, 5.41) is 8.88. The predicted molar refractivity (Wildman–Crippen MR) is 78.5 cm³/mol. The second-order valence-corrected chi connectivity index (χ2v) is 6.87. The van der Waals surface area contributed by atoms with Crippen LogP contribution in [0.5, 0.6) is 0 Å². The van der Waals surface area contributed by atoms with Gasteiger partial charge in [0.15, 0.2) is 0 Å². The van der Waals surface area contributed by atoms with E-state index in [1.165, 1.54) is 19.3 Å². The fourth-order valence-corrected chi connectivity index (χ4v) is 3.04. The van der Waals surface area contributed by atoms with E-state index in [-0.39, 0.29) is 0 Å². The summed E-state index contributed by atoms with van der Waals surface area (Å²) in [6.07, 6.45) is 5.78. The van der Waals surface area contributed by atoms with Crippen LogP contribution >= 0.6 is 0 Å². The molecule has 0 spiro atoms. The van der Waals surface area contributed by atoms with Gasteiger partial charge in [0, 0.05) is 6.61 Å². The monoisotopic (exact) mass is 266 g/mol. The molecule has 0 aromatic rings. The number of nitrogens with zero attached hydrogens (tertiary/aromatic N) is 1. The number of nitriles is 1. The number of nitrogens with two attached hydrogens (primary N) is 1. The molecule has 4 atom stereocenters. The summed E-state index contributed by atoms with van der Waals surface area (Å²) in [5.41, 5.74) is 5.11. The van der Waals surface area contributed by atoms with Gasteiger partial charge < -0.3 is 10.5 Å². The molecule has 1 saturated carbocycles. The average Bonchev–Trinajstić information content (AvgIpc) is 2.34. The van der Waals surface area contributed by atoms with Gasteiger partial charge in [-0.2, -0.15) is 5.26 Å². The Balaban J connectivity index is 2.35. The predicted octanol–water partition coefficient (Wildman–Crippen LogP) is 3.48. The minimum Gasteiger partial charge on any atom is -0.378 e. The van der Waals surface area contributed by atoms with Crippen LogP contribution in [0.2, 0.25) is 0 Å². The van der Waals surface area contributed by atoms with Gasteiger partial charge in [-0.3, -0.25) is 0 Å². The fraction of sp³-hybridized carbons (Fsp3) is 0.938. The lowest BCUT2D eigenvalue weighted by atomic mass is 9.75. The molecule has 3 nitrogen and oxygen atoms in total. The summed E-state index contributed by atoms with van der Waals surface area (Å²) in [6, 6.07) is 2.14. The summed E-state index contributed by atoms with van der Waals surface area (Å²) >= 11 is 0. The van der Waals surface area contributed by atoms with Crippen LogP contribution in [-0.4, -0.2) is 18.2 Å². The maximum atomic E-state index is 8.88. The van der Waals surface area contributed by atoms with Gasteiger partial charge in [0.25, 0.3) is 0 Å². The van der Waals surface area contributed by atoms with Crippen LogP contribution in [0.4, 0.5) is 0 Å². The second-order valence-electron chi connectivity index (χ2n) is 6.87. The van der Waals surface area contributed by atoms with Crippen molar-refractivity contribution in [1.82, 2.24) is 0 Å². The topological polar surface area (TPSA) is 59.0 Å². The largest absolute Gasteiger partial charge is 0.378 e. The zero-order valence-corrected chi connectivity index (χ0v) is 13.0. The van der Waals surface area contributed by atoms with Crippen molar-refractivity contribution in [2.45, 2.75) is 71.4 Å². The Kier molecular flexibility index (Phi) is 6.29. The zero-order valence-electron chi connectivity index (χ0n) is 13.0. The molecule has 0 amide bonds. The Hall–Kier alpha value is -0.590. The van der Waals surface area contributed by atoms with Crippen molar-refractivity contribution in [2.75, 3.05) is 6.61 Å². The highest BCUT2D eigenvalue weighted by molar-refractivity contribution is 5.00. The molecule has 110 valence electrons. The van der Waals surface area contributed by atoms with E-state index in [9.17, 15) is 0 Å². The van der Waals surface area contributed by atoms with Gasteiger partial charge in [-0.05, 0) is 50.4 Å². The molecule has 1 aliphatic carbocycles. The summed E-state index contributed by atoms with van der Waals surface area (Å²) < 4.78 is 6.10. The summed E-state index contributed by atoms with van der Waals surface area (Å²) in [7, 11) is 0. The summed E-state index contributed by atoms with van der Waals surface area (Å²) in [4.78, 5) is 0. The van der Waals surface area contributed by atoms with E-state index < -0.39 is 5.54 Å². The van der Waals surface area contributed by atoms with Gasteiger partial charge in [-0.1, -0.05) is 27.2 Å². The first-order valence-corrected chi connectivity index (χ1v) is 7.67. The first-order chi connectivity index (χ1) is 8.85. The van der Waals surface area contributed by atoms with Crippen LogP contribution in [0, 0.1) is 29.1 Å². The maximum Gasteiger partial charge on any atom is 0.101 e. The van der Waals surface area contributed by atoms with Gasteiger partial charge in [-0.25, -0.2) is 0 Å². The third kappa shape index (κ3) is 5.50. The highest BCUT2D eigenvalue weighted by Gasteiger charge is 2.31. The maximum absolute atomic E-state index is 8.88. The average molecular weight is 266 g/mol. The highest BCUT2D eigenvalue weighted by atomic mass is 16.5. The summed E-state index contributed by atoms with van der Waals surface area (Å²) in [6.45, 7) is 9.43. The van der Waals surface area contributed by atoms with E-state index in [0.717, 1.165) is 18.9 Å². The van der Waals surface area contributed by atoms with Gasteiger partial charge >= 0.3 is 0 Å². The van der Waals surface area contributed by atoms with Gasteiger partial charge in [0.2, 0.25) is 0 Å². The van der Waals surface area contributed by atoms with Crippen molar-refractivity contribution in [3.05, 3.63) is 0 Å². The SMILES string of the molecule is CC1CCC(C(C)C)C(OCCCC(C)(N)C#N)C1. The summed E-state index contributed by atoms with van der Waals surface area (Å²) in [5.74, 6) is 2.16. The lowest BCUT2D eigenvalue weighted by molar-refractivity contribution is -0.0399. The molecule has 0 aliphatic heterocycles. The number of rotatable bonds is 6.